The molecular formula is C2H5N4O3P. The first-order valence-corrected chi connectivity index (χ1v) is 3.49. The molecule has 0 atom stereocenters. The number of aromatic nitrogens is 4. The van der Waals surface area contributed by atoms with Crippen molar-refractivity contribution in [2.45, 2.75) is 6.61 Å². The molecule has 0 aliphatic heterocycles. The van der Waals surface area contributed by atoms with E-state index in [-0.39, 0.29) is 6.61 Å². The molecule has 0 aliphatic carbocycles. The van der Waals surface area contributed by atoms with E-state index in [1.54, 1.807) is 0 Å². The lowest BCUT2D eigenvalue weighted by Gasteiger charge is -1.98. The van der Waals surface area contributed by atoms with E-state index < -0.39 is 8.60 Å². The molecular weight excluding hydrogens is 159 g/mol. The van der Waals surface area contributed by atoms with E-state index in [0.29, 0.717) is 5.82 Å². The Balaban J connectivity index is 2.28. The Morgan fingerprint density at radius 3 is 2.90 bits per heavy atom. The van der Waals surface area contributed by atoms with Crippen LogP contribution in [0.4, 0.5) is 0 Å². The molecule has 0 radical (unpaired) electrons. The predicted octanol–water partition coefficient (Wildman–Crippen LogP) is -1.07. The number of nitrogens with zero attached hydrogens (tertiary/aromatic N) is 3. The van der Waals surface area contributed by atoms with E-state index in [0.717, 1.165) is 0 Å². The number of tetrazole rings is 1. The van der Waals surface area contributed by atoms with Crippen LogP contribution in [0, 0.1) is 0 Å². The van der Waals surface area contributed by atoms with Crippen LogP contribution in [0.25, 0.3) is 0 Å². The lowest BCUT2D eigenvalue weighted by atomic mass is 10.7. The molecule has 0 amide bonds. The van der Waals surface area contributed by atoms with Crippen molar-refractivity contribution in [3.8, 4) is 0 Å². The predicted molar refractivity (Wildman–Crippen MR) is 30.3 cm³/mol. The van der Waals surface area contributed by atoms with Gasteiger partial charge in [0.1, 0.15) is 6.61 Å². The van der Waals surface area contributed by atoms with Crippen LogP contribution in [0.5, 0.6) is 0 Å². The summed E-state index contributed by atoms with van der Waals surface area (Å²) in [5.74, 6) is 0.357. The molecule has 0 aliphatic rings. The van der Waals surface area contributed by atoms with Crippen LogP contribution in [-0.2, 0) is 11.1 Å². The fraction of sp³-hybridized carbons (Fsp3) is 0.500. The Morgan fingerprint density at radius 2 is 2.40 bits per heavy atom. The molecule has 0 saturated carbocycles. The van der Waals surface area contributed by atoms with Gasteiger partial charge in [-0.2, -0.15) is 0 Å². The maximum atomic E-state index is 8.27. The van der Waals surface area contributed by atoms with Gasteiger partial charge in [0, 0.05) is 0 Å². The van der Waals surface area contributed by atoms with Crippen molar-refractivity contribution < 1.29 is 14.3 Å². The van der Waals surface area contributed by atoms with Gasteiger partial charge in [0.15, 0.2) is 5.82 Å². The zero-order chi connectivity index (χ0) is 7.40. The summed E-state index contributed by atoms with van der Waals surface area (Å²) < 4.78 is 4.39. The highest BCUT2D eigenvalue weighted by molar-refractivity contribution is 7.39. The smallest absolute Gasteiger partial charge is 0.327 e. The topological polar surface area (TPSA) is 104 Å². The van der Waals surface area contributed by atoms with Crippen molar-refractivity contribution in [1.29, 1.82) is 0 Å². The lowest BCUT2D eigenvalue weighted by molar-refractivity contribution is 0.239. The zero-order valence-electron chi connectivity index (χ0n) is 4.80. The van der Waals surface area contributed by atoms with E-state index in [2.05, 4.69) is 25.1 Å². The molecule has 1 aromatic rings. The standard InChI is InChI=1S/C2H5N4O3P/c7-10(8)9-1-2-3-5-6-4-2/h7-8H,1H2,(H,3,4,5,6). The largest absolute Gasteiger partial charge is 0.328 e. The maximum Gasteiger partial charge on any atom is 0.327 e. The summed E-state index contributed by atoms with van der Waals surface area (Å²) in [6, 6.07) is 0. The SMILES string of the molecule is OP(O)OCc1nnn[nH]1. The molecule has 10 heavy (non-hydrogen) atoms. The molecule has 56 valence electrons. The summed E-state index contributed by atoms with van der Waals surface area (Å²) in [5, 5.41) is 12.3. The van der Waals surface area contributed by atoms with E-state index in [1.807, 2.05) is 0 Å². The van der Waals surface area contributed by atoms with Gasteiger partial charge in [-0.15, -0.1) is 5.10 Å². The van der Waals surface area contributed by atoms with Crippen LogP contribution in [0.15, 0.2) is 0 Å². The van der Waals surface area contributed by atoms with Gasteiger partial charge in [0.2, 0.25) is 0 Å². The third-order valence-electron chi connectivity index (χ3n) is 0.706. The fourth-order valence-corrected chi connectivity index (χ4v) is 0.597. The summed E-state index contributed by atoms with van der Waals surface area (Å²) >= 11 is 0. The first kappa shape index (κ1) is 7.49. The van der Waals surface area contributed by atoms with Gasteiger partial charge >= 0.3 is 8.60 Å². The van der Waals surface area contributed by atoms with Crippen molar-refractivity contribution >= 4 is 8.60 Å². The van der Waals surface area contributed by atoms with Gasteiger partial charge in [-0.3, -0.25) is 0 Å². The second-order valence-electron chi connectivity index (χ2n) is 1.37. The van der Waals surface area contributed by atoms with Gasteiger partial charge < -0.3 is 14.3 Å². The fourth-order valence-electron chi connectivity index (χ4n) is 0.359. The maximum absolute atomic E-state index is 8.27. The van der Waals surface area contributed by atoms with Crippen LogP contribution >= 0.6 is 8.60 Å². The first-order chi connectivity index (χ1) is 4.79. The summed E-state index contributed by atoms with van der Waals surface area (Å²) in [5.41, 5.74) is 0. The summed E-state index contributed by atoms with van der Waals surface area (Å²) in [6.07, 6.45) is 0. The van der Waals surface area contributed by atoms with Crippen molar-refractivity contribution in [3.05, 3.63) is 5.82 Å². The number of rotatable bonds is 3. The quantitative estimate of drug-likeness (QED) is 0.491. The van der Waals surface area contributed by atoms with Crippen LogP contribution in [0.1, 0.15) is 5.82 Å². The molecule has 3 N–H and O–H groups in total. The summed E-state index contributed by atoms with van der Waals surface area (Å²) in [6.45, 7) is -0.0221. The van der Waals surface area contributed by atoms with E-state index in [1.165, 1.54) is 0 Å². The Kier molecular flexibility index (Phi) is 2.64. The Morgan fingerprint density at radius 1 is 1.60 bits per heavy atom. The third-order valence-corrected chi connectivity index (χ3v) is 1.07. The Labute approximate surface area is 57.0 Å². The van der Waals surface area contributed by atoms with Gasteiger partial charge in [-0.05, 0) is 10.4 Å². The number of aromatic amines is 1. The normalized spacial score (nSPS) is 10.7. The van der Waals surface area contributed by atoms with Crippen LogP contribution in [-0.4, -0.2) is 30.4 Å². The van der Waals surface area contributed by atoms with Gasteiger partial charge in [-0.1, -0.05) is 0 Å². The highest BCUT2D eigenvalue weighted by Crippen LogP contribution is 2.24. The molecule has 8 heteroatoms. The van der Waals surface area contributed by atoms with Crippen LogP contribution in [0.2, 0.25) is 0 Å². The molecule has 1 heterocycles. The molecule has 0 saturated heterocycles. The van der Waals surface area contributed by atoms with Crippen molar-refractivity contribution in [1.82, 2.24) is 20.6 Å². The Bertz CT molecular complexity index is 177. The number of hydrogen-bond acceptors (Lipinski definition) is 6. The van der Waals surface area contributed by atoms with E-state index in [4.69, 9.17) is 9.79 Å². The molecule has 1 rings (SSSR count). The summed E-state index contributed by atoms with van der Waals surface area (Å²) in [4.78, 5) is 16.5. The van der Waals surface area contributed by atoms with Crippen LogP contribution < -0.4 is 0 Å². The number of H-pyrrole nitrogens is 1. The van der Waals surface area contributed by atoms with Crippen LogP contribution in [0.3, 0.4) is 0 Å². The average Bonchev–Trinajstić information content (AvgIpc) is 2.34. The first-order valence-electron chi connectivity index (χ1n) is 2.32. The lowest BCUT2D eigenvalue weighted by Crippen LogP contribution is -1.90. The minimum absolute atomic E-state index is 0.0221. The number of nitrogens with one attached hydrogen (secondary N) is 1. The molecule has 0 spiro atoms. The van der Waals surface area contributed by atoms with E-state index in [9.17, 15) is 0 Å². The molecule has 0 aromatic carbocycles. The third kappa shape index (κ3) is 2.32. The average molecular weight is 164 g/mol. The van der Waals surface area contributed by atoms with Crippen molar-refractivity contribution in [3.63, 3.8) is 0 Å². The molecule has 0 bridgehead atoms. The second-order valence-corrected chi connectivity index (χ2v) is 2.14. The van der Waals surface area contributed by atoms with Crippen molar-refractivity contribution in [2.24, 2.45) is 0 Å². The highest BCUT2D eigenvalue weighted by atomic mass is 31.2. The molecule has 7 nitrogen and oxygen atoms in total. The number of hydrogen-bond donors (Lipinski definition) is 3. The van der Waals surface area contributed by atoms with Gasteiger partial charge in [0.25, 0.3) is 0 Å². The zero-order valence-corrected chi connectivity index (χ0v) is 5.69. The van der Waals surface area contributed by atoms with Crippen molar-refractivity contribution in [2.75, 3.05) is 0 Å². The molecule has 1 aromatic heterocycles. The van der Waals surface area contributed by atoms with Gasteiger partial charge in [-0.25, -0.2) is 5.10 Å². The molecule has 0 unspecified atom stereocenters. The minimum atomic E-state index is -2.32. The molecule has 0 fully saturated rings. The second kappa shape index (κ2) is 3.52. The minimum Gasteiger partial charge on any atom is -0.328 e. The van der Waals surface area contributed by atoms with E-state index >= 15 is 0 Å². The monoisotopic (exact) mass is 164 g/mol. The Hall–Kier alpha value is -0.620. The summed E-state index contributed by atoms with van der Waals surface area (Å²) in [7, 11) is -2.32. The highest BCUT2D eigenvalue weighted by Gasteiger charge is 2.01. The van der Waals surface area contributed by atoms with Gasteiger partial charge in [0.05, 0.1) is 0 Å².